The molecule has 3 N–H and O–H groups in total. The largest absolute Gasteiger partial charge is 0.504 e. The lowest BCUT2D eigenvalue weighted by molar-refractivity contribution is 0.210. The first kappa shape index (κ1) is 9.34. The van der Waals surface area contributed by atoms with Gasteiger partial charge in [-0.3, -0.25) is 0 Å². The van der Waals surface area contributed by atoms with Gasteiger partial charge >= 0.3 is 0 Å². The minimum Gasteiger partial charge on any atom is -0.504 e. The zero-order valence-electron chi connectivity index (χ0n) is 7.90. The average Bonchev–Trinajstić information content (AvgIpc) is 2.94. The van der Waals surface area contributed by atoms with E-state index < -0.39 is 0 Å². The molecule has 0 aliphatic heterocycles. The van der Waals surface area contributed by atoms with Gasteiger partial charge in [-0.15, -0.1) is 0 Å². The van der Waals surface area contributed by atoms with Crippen molar-refractivity contribution in [2.45, 2.75) is 19.3 Å². The van der Waals surface area contributed by atoms with Crippen molar-refractivity contribution in [3.05, 3.63) is 23.8 Å². The van der Waals surface area contributed by atoms with Crippen LogP contribution in [-0.2, 0) is 6.42 Å². The van der Waals surface area contributed by atoms with Crippen LogP contribution in [0.3, 0.4) is 0 Å². The molecule has 1 aliphatic rings. The second-order valence-electron chi connectivity index (χ2n) is 4.12. The topological polar surface area (TPSA) is 60.7 Å². The van der Waals surface area contributed by atoms with Crippen LogP contribution < -0.4 is 0 Å². The third kappa shape index (κ3) is 1.55. The van der Waals surface area contributed by atoms with Crippen LogP contribution in [0.2, 0.25) is 0 Å². The number of hydrogen-bond donors (Lipinski definition) is 3. The van der Waals surface area contributed by atoms with Crippen LogP contribution in [0.25, 0.3) is 0 Å². The van der Waals surface area contributed by atoms with Crippen molar-refractivity contribution in [3.63, 3.8) is 0 Å². The van der Waals surface area contributed by atoms with Gasteiger partial charge in [0.2, 0.25) is 0 Å². The van der Waals surface area contributed by atoms with Crippen molar-refractivity contribution in [1.29, 1.82) is 0 Å². The maximum absolute atomic E-state index is 9.55. The number of rotatable bonds is 3. The Labute approximate surface area is 82.6 Å². The van der Waals surface area contributed by atoms with E-state index in [0.29, 0.717) is 6.42 Å². The Morgan fingerprint density at radius 1 is 1.21 bits per heavy atom. The Kier molecular flexibility index (Phi) is 2.11. The van der Waals surface area contributed by atoms with E-state index in [1.165, 1.54) is 6.07 Å². The van der Waals surface area contributed by atoms with E-state index >= 15 is 0 Å². The number of hydrogen-bond acceptors (Lipinski definition) is 3. The van der Waals surface area contributed by atoms with Gasteiger partial charge in [-0.1, -0.05) is 12.1 Å². The first-order valence-corrected chi connectivity index (χ1v) is 4.78. The van der Waals surface area contributed by atoms with Crippen LogP contribution in [0.4, 0.5) is 0 Å². The molecule has 0 atom stereocenters. The Bertz CT molecular complexity index is 342. The molecule has 0 bridgehead atoms. The zero-order chi connectivity index (χ0) is 10.2. The summed E-state index contributed by atoms with van der Waals surface area (Å²) in [4.78, 5) is 0. The van der Waals surface area contributed by atoms with Crippen LogP contribution in [-0.4, -0.2) is 21.9 Å². The quantitative estimate of drug-likeness (QED) is 0.637. The minimum absolute atomic E-state index is 0.0364. The highest BCUT2D eigenvalue weighted by Crippen LogP contribution is 2.49. The fourth-order valence-corrected chi connectivity index (χ4v) is 1.69. The molecule has 0 aromatic heterocycles. The highest BCUT2D eigenvalue weighted by Gasteiger charge is 2.42. The lowest BCUT2D eigenvalue weighted by Crippen LogP contribution is -2.10. The highest BCUT2D eigenvalue weighted by molar-refractivity contribution is 5.45. The monoisotopic (exact) mass is 194 g/mol. The van der Waals surface area contributed by atoms with Crippen molar-refractivity contribution < 1.29 is 15.3 Å². The molecule has 14 heavy (non-hydrogen) atoms. The first-order valence-electron chi connectivity index (χ1n) is 4.78. The number of para-hydroxylation sites is 1. The van der Waals surface area contributed by atoms with Gasteiger partial charge in [0.25, 0.3) is 0 Å². The first-order chi connectivity index (χ1) is 6.67. The van der Waals surface area contributed by atoms with Crippen molar-refractivity contribution in [1.82, 2.24) is 0 Å². The maximum atomic E-state index is 9.55. The summed E-state index contributed by atoms with van der Waals surface area (Å²) >= 11 is 0. The van der Waals surface area contributed by atoms with Gasteiger partial charge in [-0.25, -0.2) is 0 Å². The fraction of sp³-hybridized carbons (Fsp3) is 0.455. The molecule has 76 valence electrons. The molecule has 1 aromatic carbocycles. The van der Waals surface area contributed by atoms with Gasteiger partial charge in [0.05, 0.1) is 0 Å². The lowest BCUT2D eigenvalue weighted by atomic mass is 9.96. The SMILES string of the molecule is OCC1(Cc2cccc(O)c2O)CC1. The minimum atomic E-state index is -0.0868. The Hall–Kier alpha value is -1.22. The molecule has 1 aliphatic carbocycles. The summed E-state index contributed by atoms with van der Waals surface area (Å²) in [6, 6.07) is 4.94. The number of benzene rings is 1. The van der Waals surface area contributed by atoms with E-state index in [0.717, 1.165) is 18.4 Å². The predicted octanol–water partition coefficient (Wildman–Crippen LogP) is 1.41. The second kappa shape index (κ2) is 3.17. The summed E-state index contributed by atoms with van der Waals surface area (Å²) in [5.41, 5.74) is 0.683. The molecular formula is C11H14O3. The molecule has 0 unspecified atom stereocenters. The fourth-order valence-electron chi connectivity index (χ4n) is 1.69. The molecule has 3 nitrogen and oxygen atoms in total. The van der Waals surface area contributed by atoms with E-state index in [-0.39, 0.29) is 23.5 Å². The number of phenols is 2. The van der Waals surface area contributed by atoms with E-state index in [1.807, 2.05) is 0 Å². The summed E-state index contributed by atoms with van der Waals surface area (Å²) in [7, 11) is 0. The summed E-state index contributed by atoms with van der Waals surface area (Å²) in [5, 5.41) is 28.0. The third-order valence-electron chi connectivity index (χ3n) is 2.96. The Morgan fingerprint density at radius 3 is 2.50 bits per heavy atom. The molecular weight excluding hydrogens is 180 g/mol. The summed E-state index contributed by atoms with van der Waals surface area (Å²) in [5.74, 6) is -0.136. The lowest BCUT2D eigenvalue weighted by Gasteiger charge is -2.12. The molecule has 3 heteroatoms. The van der Waals surface area contributed by atoms with Crippen LogP contribution in [0.15, 0.2) is 18.2 Å². The standard InChI is InChI=1S/C11H14O3/c12-7-11(4-5-11)6-8-2-1-3-9(13)10(8)14/h1-3,12-14H,4-7H2. The molecule has 1 aromatic rings. The number of phenolic OH excluding ortho intramolecular Hbond substituents is 2. The zero-order valence-corrected chi connectivity index (χ0v) is 7.90. The van der Waals surface area contributed by atoms with Gasteiger partial charge in [-0.05, 0) is 36.3 Å². The number of aliphatic hydroxyl groups excluding tert-OH is 1. The van der Waals surface area contributed by atoms with E-state index in [4.69, 9.17) is 5.11 Å². The van der Waals surface area contributed by atoms with Crippen LogP contribution in [0.5, 0.6) is 11.5 Å². The van der Waals surface area contributed by atoms with Gasteiger partial charge in [0.15, 0.2) is 11.5 Å². The van der Waals surface area contributed by atoms with Gasteiger partial charge in [0.1, 0.15) is 0 Å². The molecule has 0 saturated heterocycles. The summed E-state index contributed by atoms with van der Waals surface area (Å²) < 4.78 is 0. The maximum Gasteiger partial charge on any atom is 0.160 e. The highest BCUT2D eigenvalue weighted by atomic mass is 16.3. The van der Waals surface area contributed by atoms with Crippen molar-refractivity contribution in [2.24, 2.45) is 5.41 Å². The van der Waals surface area contributed by atoms with Gasteiger partial charge in [-0.2, -0.15) is 0 Å². The third-order valence-corrected chi connectivity index (χ3v) is 2.96. The predicted molar refractivity (Wildman–Crippen MR) is 52.2 cm³/mol. The van der Waals surface area contributed by atoms with E-state index in [1.54, 1.807) is 12.1 Å². The average molecular weight is 194 g/mol. The Balaban J connectivity index is 2.21. The summed E-state index contributed by atoms with van der Waals surface area (Å²) in [6.45, 7) is 0.155. The van der Waals surface area contributed by atoms with Crippen LogP contribution in [0, 0.1) is 5.41 Å². The molecule has 1 saturated carbocycles. The normalized spacial score (nSPS) is 18.1. The van der Waals surface area contributed by atoms with E-state index in [9.17, 15) is 10.2 Å². The molecule has 0 radical (unpaired) electrons. The summed E-state index contributed by atoms with van der Waals surface area (Å²) in [6.07, 6.45) is 2.64. The Morgan fingerprint density at radius 2 is 1.93 bits per heavy atom. The molecule has 1 fully saturated rings. The van der Waals surface area contributed by atoms with E-state index in [2.05, 4.69) is 0 Å². The van der Waals surface area contributed by atoms with Gasteiger partial charge in [0, 0.05) is 6.61 Å². The van der Waals surface area contributed by atoms with Crippen LogP contribution >= 0.6 is 0 Å². The van der Waals surface area contributed by atoms with Gasteiger partial charge < -0.3 is 15.3 Å². The van der Waals surface area contributed by atoms with Crippen LogP contribution in [0.1, 0.15) is 18.4 Å². The van der Waals surface area contributed by atoms with Crippen molar-refractivity contribution in [2.75, 3.05) is 6.61 Å². The van der Waals surface area contributed by atoms with Crippen molar-refractivity contribution in [3.8, 4) is 11.5 Å². The smallest absolute Gasteiger partial charge is 0.160 e. The molecule has 0 spiro atoms. The van der Waals surface area contributed by atoms with Crippen molar-refractivity contribution >= 4 is 0 Å². The number of aromatic hydroxyl groups is 2. The molecule has 2 rings (SSSR count). The molecule has 0 amide bonds. The second-order valence-corrected chi connectivity index (χ2v) is 4.12. The molecule has 0 heterocycles. The number of aliphatic hydroxyl groups is 1.